The van der Waals surface area contributed by atoms with Gasteiger partial charge in [-0.15, -0.1) is 0 Å². The van der Waals surface area contributed by atoms with Crippen LogP contribution in [0.25, 0.3) is 0 Å². The van der Waals surface area contributed by atoms with Crippen molar-refractivity contribution in [1.82, 2.24) is 5.32 Å². The molecule has 9 heteroatoms. The van der Waals surface area contributed by atoms with Crippen molar-refractivity contribution < 1.29 is 35.9 Å². The predicted molar refractivity (Wildman–Crippen MR) is 48.5 cm³/mol. The van der Waals surface area contributed by atoms with Crippen molar-refractivity contribution in [3.8, 4) is 0 Å². The summed E-state index contributed by atoms with van der Waals surface area (Å²) in [4.78, 5) is 22.0. The van der Waals surface area contributed by atoms with Gasteiger partial charge in [0.1, 0.15) is 0 Å². The molecule has 0 heterocycles. The molecule has 0 aromatic rings. The number of alkyl halides is 6. The van der Waals surface area contributed by atoms with Gasteiger partial charge in [-0.2, -0.15) is 26.3 Å². The maximum absolute atomic E-state index is 12.1. The lowest BCUT2D eigenvalue weighted by Crippen LogP contribution is -2.51. The SMILES string of the molecule is CCC(=O)C(C)NC(=O)C(C(F)(F)F)C(F)(F)F. The van der Waals surface area contributed by atoms with E-state index in [1.165, 1.54) is 12.2 Å². The Morgan fingerprint density at radius 1 is 1.06 bits per heavy atom. The van der Waals surface area contributed by atoms with Crippen LogP contribution in [0.5, 0.6) is 0 Å². The second-order valence-electron chi connectivity index (χ2n) is 3.57. The summed E-state index contributed by atoms with van der Waals surface area (Å²) >= 11 is 0. The van der Waals surface area contributed by atoms with Crippen LogP contribution in [0.15, 0.2) is 0 Å². The third-order valence-electron chi connectivity index (χ3n) is 2.11. The summed E-state index contributed by atoms with van der Waals surface area (Å²) in [6.07, 6.45) is -11.6. The lowest BCUT2D eigenvalue weighted by molar-refractivity contribution is -0.274. The van der Waals surface area contributed by atoms with Crippen LogP contribution in [0.2, 0.25) is 0 Å². The van der Waals surface area contributed by atoms with Gasteiger partial charge in [0, 0.05) is 6.42 Å². The van der Waals surface area contributed by atoms with Gasteiger partial charge in [0.15, 0.2) is 5.78 Å². The second kappa shape index (κ2) is 5.57. The highest BCUT2D eigenvalue weighted by atomic mass is 19.4. The maximum atomic E-state index is 12.1. The van der Waals surface area contributed by atoms with Crippen molar-refractivity contribution in [3.63, 3.8) is 0 Å². The van der Waals surface area contributed by atoms with E-state index in [4.69, 9.17) is 0 Å². The zero-order chi connectivity index (χ0) is 14.7. The fourth-order valence-electron chi connectivity index (χ4n) is 1.17. The number of halogens is 6. The quantitative estimate of drug-likeness (QED) is 0.802. The van der Waals surface area contributed by atoms with Gasteiger partial charge in [0.25, 0.3) is 0 Å². The Morgan fingerprint density at radius 2 is 1.44 bits per heavy atom. The predicted octanol–water partition coefficient (Wildman–Crippen LogP) is 2.21. The fourth-order valence-corrected chi connectivity index (χ4v) is 1.17. The number of rotatable bonds is 4. The molecule has 3 nitrogen and oxygen atoms in total. The first-order valence-corrected chi connectivity index (χ1v) is 4.87. The number of carbonyl (C=O) groups excluding carboxylic acids is 2. The third kappa shape index (κ3) is 4.53. The first kappa shape index (κ1) is 16.7. The zero-order valence-electron chi connectivity index (χ0n) is 9.45. The van der Waals surface area contributed by atoms with Crippen LogP contribution in [0.4, 0.5) is 26.3 Å². The number of ketones is 1. The highest BCUT2D eigenvalue weighted by Gasteiger charge is 2.61. The van der Waals surface area contributed by atoms with Gasteiger partial charge in [-0.05, 0) is 6.92 Å². The van der Waals surface area contributed by atoms with Crippen LogP contribution in [0, 0.1) is 5.92 Å². The van der Waals surface area contributed by atoms with E-state index in [1.807, 2.05) is 0 Å². The first-order chi connectivity index (χ1) is 7.91. The van der Waals surface area contributed by atoms with Gasteiger partial charge >= 0.3 is 12.4 Å². The summed E-state index contributed by atoms with van der Waals surface area (Å²) in [6, 6.07) is -1.39. The van der Waals surface area contributed by atoms with Crippen LogP contribution in [-0.2, 0) is 9.59 Å². The van der Waals surface area contributed by atoms with Crippen molar-refractivity contribution >= 4 is 11.7 Å². The highest BCUT2D eigenvalue weighted by molar-refractivity contribution is 5.89. The summed E-state index contributed by atoms with van der Waals surface area (Å²) in [5, 5.41) is 1.42. The molecule has 1 atom stereocenters. The Kier molecular flexibility index (Phi) is 5.18. The molecule has 0 bridgehead atoms. The highest BCUT2D eigenvalue weighted by Crippen LogP contribution is 2.39. The molecule has 1 amide bonds. The molecule has 0 saturated heterocycles. The molecular weight excluding hydrogens is 268 g/mol. The van der Waals surface area contributed by atoms with E-state index in [1.54, 1.807) is 0 Å². The molecule has 18 heavy (non-hydrogen) atoms. The molecule has 0 radical (unpaired) electrons. The molecular formula is C9H11F6NO2. The van der Waals surface area contributed by atoms with Crippen LogP contribution in [-0.4, -0.2) is 30.1 Å². The molecule has 0 aromatic carbocycles. The first-order valence-electron chi connectivity index (χ1n) is 4.87. The van der Waals surface area contributed by atoms with Crippen molar-refractivity contribution in [1.29, 1.82) is 0 Å². The zero-order valence-corrected chi connectivity index (χ0v) is 9.45. The molecule has 0 rings (SSSR count). The van der Waals surface area contributed by atoms with Gasteiger partial charge in [0.05, 0.1) is 6.04 Å². The average Bonchev–Trinajstić information content (AvgIpc) is 2.11. The minimum atomic E-state index is -5.75. The molecule has 0 aromatic heterocycles. The van der Waals surface area contributed by atoms with E-state index in [2.05, 4.69) is 0 Å². The molecule has 0 aliphatic rings. The number of nitrogens with one attached hydrogen (secondary N) is 1. The van der Waals surface area contributed by atoms with Gasteiger partial charge < -0.3 is 5.32 Å². The Balaban J connectivity index is 4.97. The standard InChI is InChI=1S/C9H11F6NO2/c1-3-5(17)4(2)16-7(18)6(8(10,11)12)9(13,14)15/h4,6H,3H2,1-2H3,(H,16,18). The largest absolute Gasteiger partial charge is 0.409 e. The van der Waals surface area contributed by atoms with E-state index in [0.717, 1.165) is 6.92 Å². The Hall–Kier alpha value is -1.28. The number of hydrogen-bond acceptors (Lipinski definition) is 2. The summed E-state index contributed by atoms with van der Waals surface area (Å²) in [5.41, 5.74) is 0. The van der Waals surface area contributed by atoms with E-state index in [-0.39, 0.29) is 6.42 Å². The van der Waals surface area contributed by atoms with E-state index < -0.39 is 36.0 Å². The minimum Gasteiger partial charge on any atom is -0.346 e. The number of Topliss-reactive ketones (excluding diaryl/α,β-unsaturated/α-hetero) is 1. The Labute approximate surface area is 98.5 Å². The third-order valence-corrected chi connectivity index (χ3v) is 2.11. The molecule has 1 unspecified atom stereocenters. The Morgan fingerprint density at radius 3 is 1.72 bits per heavy atom. The number of hydrogen-bond donors (Lipinski definition) is 1. The molecule has 0 saturated carbocycles. The van der Waals surface area contributed by atoms with Crippen molar-refractivity contribution in [2.24, 2.45) is 5.92 Å². The van der Waals surface area contributed by atoms with E-state index >= 15 is 0 Å². The molecule has 1 N–H and O–H groups in total. The number of amides is 1. The summed E-state index contributed by atoms with van der Waals surface area (Å²) in [5.74, 6) is -7.06. The van der Waals surface area contributed by atoms with Crippen LogP contribution >= 0.6 is 0 Å². The smallest absolute Gasteiger partial charge is 0.346 e. The van der Waals surface area contributed by atoms with Crippen LogP contribution < -0.4 is 5.32 Å². The van der Waals surface area contributed by atoms with Gasteiger partial charge in [0.2, 0.25) is 11.8 Å². The summed E-state index contributed by atoms with van der Waals surface area (Å²) < 4.78 is 72.8. The van der Waals surface area contributed by atoms with E-state index in [9.17, 15) is 35.9 Å². The normalized spacial score (nSPS) is 14.5. The minimum absolute atomic E-state index is 0.107. The Bertz CT molecular complexity index is 308. The van der Waals surface area contributed by atoms with Gasteiger partial charge in [-0.25, -0.2) is 0 Å². The fraction of sp³-hybridized carbons (Fsp3) is 0.778. The van der Waals surface area contributed by atoms with Crippen LogP contribution in [0.3, 0.4) is 0 Å². The number of carbonyl (C=O) groups is 2. The molecule has 0 aliphatic carbocycles. The van der Waals surface area contributed by atoms with E-state index in [0.29, 0.717) is 0 Å². The topological polar surface area (TPSA) is 46.2 Å². The molecule has 0 fully saturated rings. The average molecular weight is 279 g/mol. The van der Waals surface area contributed by atoms with Gasteiger partial charge in [-0.3, -0.25) is 9.59 Å². The summed E-state index contributed by atoms with van der Waals surface area (Å²) in [7, 11) is 0. The summed E-state index contributed by atoms with van der Waals surface area (Å²) in [6.45, 7) is 2.39. The van der Waals surface area contributed by atoms with Crippen molar-refractivity contribution in [3.05, 3.63) is 0 Å². The van der Waals surface area contributed by atoms with Crippen LogP contribution in [0.1, 0.15) is 20.3 Å². The lowest BCUT2D eigenvalue weighted by atomic mass is 10.1. The second-order valence-corrected chi connectivity index (χ2v) is 3.57. The molecule has 106 valence electrons. The van der Waals surface area contributed by atoms with Crippen molar-refractivity contribution in [2.45, 2.75) is 38.7 Å². The molecule has 0 aliphatic heterocycles. The molecule has 0 spiro atoms. The maximum Gasteiger partial charge on any atom is 0.409 e. The monoisotopic (exact) mass is 279 g/mol. The lowest BCUT2D eigenvalue weighted by Gasteiger charge is -2.23. The van der Waals surface area contributed by atoms with Gasteiger partial charge in [-0.1, -0.05) is 6.92 Å². The van der Waals surface area contributed by atoms with Crippen molar-refractivity contribution in [2.75, 3.05) is 0 Å².